The molecule has 1 heterocycles. The lowest BCUT2D eigenvalue weighted by Crippen LogP contribution is -2.54. The number of nitrogens with one attached hydrogen (secondary N) is 4. The minimum Gasteiger partial charge on any atom is -0.507 e. The zero-order chi connectivity index (χ0) is 51.7. The standard InChI is InChI=1S/C49H56N8O14/c1-25(2)41(55-35(60)11-4-3-5-20-56-36(61)18-19-37(56)62)47(68)53-33(10-7-21-57(51)48(50)69)46(67)52-28-15-12-26(13-16-28)24-71-49(70)54-32-9-6-8-30-38(32)45(66)40-39(43(30)64)44(65)31-22-27(34(59)23-58)14-17-29(31)42(40)63/h6,8-9,12-13,15-16,18-19,25,27,33,41,58,63,65H,3-5,7,10-11,14,17,20-24,51H2,1-2H3,(H2,50,69)(H,52,67)(H,53,68)(H,54,70)(H,55,60)/t27-,33-,41-/m0/s1. The van der Waals surface area contributed by atoms with Gasteiger partial charge in [-0.25, -0.2) is 15.4 Å². The number of phenols is 2. The molecule has 3 aliphatic rings. The van der Waals surface area contributed by atoms with Gasteiger partial charge in [-0.3, -0.25) is 53.6 Å². The van der Waals surface area contributed by atoms with Crippen molar-refractivity contribution in [1.29, 1.82) is 0 Å². The SMILES string of the molecule is CC(C)[C@H](NC(=O)CCCCCN1C(=O)C=CC1=O)C(=O)N[C@@H](CCCN(N)C(N)=O)C(=O)Nc1ccc(COC(=O)Nc2cccc3c2C(=O)c2c(O)c4c(c(O)c2C3=O)C[C@@H](C(=O)CO)CC4)cc1. The predicted molar refractivity (Wildman–Crippen MR) is 252 cm³/mol. The number of aliphatic hydroxyl groups is 1. The number of imide groups is 1. The molecular formula is C49H56N8O14. The molecule has 0 saturated carbocycles. The molecule has 8 amide bonds. The van der Waals surface area contributed by atoms with Crippen molar-refractivity contribution in [3.05, 3.63) is 93.6 Å². The summed E-state index contributed by atoms with van der Waals surface area (Å²) in [5.41, 5.74) is 5.00. The van der Waals surface area contributed by atoms with Gasteiger partial charge in [-0.15, -0.1) is 0 Å². The Morgan fingerprint density at radius 3 is 2.15 bits per heavy atom. The van der Waals surface area contributed by atoms with Crippen molar-refractivity contribution < 1.29 is 68.0 Å². The number of nitrogens with two attached hydrogens (primary N) is 2. The van der Waals surface area contributed by atoms with E-state index in [0.717, 1.165) is 9.91 Å². The van der Waals surface area contributed by atoms with Gasteiger partial charge in [-0.1, -0.05) is 44.5 Å². The van der Waals surface area contributed by atoms with Gasteiger partial charge in [-0.05, 0) is 74.6 Å². The molecule has 22 nitrogen and oxygen atoms in total. The van der Waals surface area contributed by atoms with Crippen LogP contribution in [0.2, 0.25) is 0 Å². The molecule has 0 aromatic heterocycles. The van der Waals surface area contributed by atoms with Crippen LogP contribution in [0.4, 0.5) is 21.0 Å². The van der Waals surface area contributed by atoms with Crippen LogP contribution < -0.4 is 32.8 Å². The molecule has 0 bridgehead atoms. The van der Waals surface area contributed by atoms with Gasteiger partial charge < -0.3 is 41.7 Å². The highest BCUT2D eigenvalue weighted by Crippen LogP contribution is 2.47. The molecule has 0 saturated heterocycles. The average Bonchev–Trinajstić information content (AvgIpc) is 3.67. The first kappa shape index (κ1) is 52.4. The van der Waals surface area contributed by atoms with Crippen molar-refractivity contribution in [2.75, 3.05) is 30.3 Å². The number of unbranched alkanes of at least 4 members (excludes halogenated alkanes) is 2. The summed E-state index contributed by atoms with van der Waals surface area (Å²) >= 11 is 0. The Balaban J connectivity index is 1.05. The first-order valence-electron chi connectivity index (χ1n) is 23.0. The topological polar surface area (TPSA) is 347 Å². The van der Waals surface area contributed by atoms with E-state index in [1.54, 1.807) is 26.0 Å². The molecule has 0 fully saturated rings. The first-order chi connectivity index (χ1) is 33.8. The van der Waals surface area contributed by atoms with Crippen molar-refractivity contribution >= 4 is 70.4 Å². The number of benzene rings is 3. The summed E-state index contributed by atoms with van der Waals surface area (Å²) in [7, 11) is 0. The molecule has 0 spiro atoms. The van der Waals surface area contributed by atoms with Gasteiger partial charge in [0.05, 0.1) is 22.4 Å². The highest BCUT2D eigenvalue weighted by Gasteiger charge is 2.41. The fourth-order valence-electron chi connectivity index (χ4n) is 8.66. The number of hydrazine groups is 1. The van der Waals surface area contributed by atoms with E-state index in [9.17, 15) is 63.3 Å². The molecule has 71 heavy (non-hydrogen) atoms. The second kappa shape index (κ2) is 23.1. The molecule has 0 radical (unpaired) electrons. The third-order valence-electron chi connectivity index (χ3n) is 12.5. The number of carbonyl (C=O) groups excluding carboxylic acids is 10. The maximum atomic E-state index is 14.0. The first-order valence-corrected chi connectivity index (χ1v) is 23.0. The number of Topliss-reactive ketones (excluding diaryl/α,β-unsaturated/α-hetero) is 1. The minimum absolute atomic E-state index is 0.00800. The van der Waals surface area contributed by atoms with Crippen LogP contribution in [-0.4, -0.2) is 116 Å². The van der Waals surface area contributed by atoms with Crippen LogP contribution in [0.5, 0.6) is 11.5 Å². The van der Waals surface area contributed by atoms with Crippen LogP contribution in [0.1, 0.15) is 107 Å². The Labute approximate surface area is 407 Å². The largest absolute Gasteiger partial charge is 0.507 e. The fourth-order valence-corrected chi connectivity index (χ4v) is 8.66. The lowest BCUT2D eigenvalue weighted by molar-refractivity contribution is -0.137. The summed E-state index contributed by atoms with van der Waals surface area (Å²) in [5.74, 6) is -0.987. The van der Waals surface area contributed by atoms with Gasteiger partial charge in [0, 0.05) is 60.0 Å². The van der Waals surface area contributed by atoms with E-state index in [0.29, 0.717) is 24.8 Å². The van der Waals surface area contributed by atoms with Crippen molar-refractivity contribution in [3.63, 3.8) is 0 Å². The zero-order valence-electron chi connectivity index (χ0n) is 39.1. The Morgan fingerprint density at radius 1 is 0.817 bits per heavy atom. The maximum absolute atomic E-state index is 14.0. The van der Waals surface area contributed by atoms with Crippen LogP contribution in [0.25, 0.3) is 0 Å². The summed E-state index contributed by atoms with van der Waals surface area (Å²) < 4.78 is 5.40. The lowest BCUT2D eigenvalue weighted by Gasteiger charge is -2.29. The number of hydrogen-bond acceptors (Lipinski definition) is 15. The smallest absolute Gasteiger partial charge is 0.411 e. The Bertz CT molecular complexity index is 2670. The van der Waals surface area contributed by atoms with Crippen LogP contribution in [0.3, 0.4) is 0 Å². The molecule has 3 aromatic rings. The van der Waals surface area contributed by atoms with E-state index in [-0.39, 0.29) is 104 Å². The third kappa shape index (κ3) is 12.3. The van der Waals surface area contributed by atoms with Crippen molar-refractivity contribution in [1.82, 2.24) is 20.5 Å². The predicted octanol–water partition coefficient (Wildman–Crippen LogP) is 2.37. The molecule has 0 unspecified atom stereocenters. The van der Waals surface area contributed by atoms with E-state index in [2.05, 4.69) is 21.3 Å². The number of ketones is 3. The van der Waals surface area contributed by atoms with Crippen molar-refractivity contribution in [2.24, 2.45) is 23.4 Å². The molecule has 2 aliphatic carbocycles. The summed E-state index contributed by atoms with van der Waals surface area (Å²) in [6.07, 6.45) is 3.39. The summed E-state index contributed by atoms with van der Waals surface area (Å²) in [5, 5.41) is 43.3. The van der Waals surface area contributed by atoms with E-state index in [1.807, 2.05) is 0 Å². The zero-order valence-corrected chi connectivity index (χ0v) is 39.1. The normalized spacial score (nSPS) is 15.6. The Hall–Kier alpha value is -7.98. The van der Waals surface area contributed by atoms with Crippen molar-refractivity contribution in [2.45, 2.75) is 90.3 Å². The number of aliphatic hydroxyl groups excluding tert-OH is 1. The molecule has 3 aromatic carbocycles. The fraction of sp³-hybridized carbons (Fsp3) is 0.388. The number of phenolic OH excluding ortho intramolecular Hbond substituents is 2. The quantitative estimate of drug-likeness (QED) is 0.0145. The molecular weight excluding hydrogens is 925 g/mol. The second-order valence-electron chi connectivity index (χ2n) is 17.7. The van der Waals surface area contributed by atoms with Gasteiger partial charge in [0.25, 0.3) is 11.8 Å². The number of ether oxygens (including phenoxy) is 1. The minimum atomic E-state index is -1.17. The second-order valence-corrected chi connectivity index (χ2v) is 17.7. The number of carbonyl (C=O) groups is 10. The number of urea groups is 1. The number of primary amides is 1. The highest BCUT2D eigenvalue weighted by molar-refractivity contribution is 6.32. The van der Waals surface area contributed by atoms with Gasteiger partial charge in [0.15, 0.2) is 17.3 Å². The molecule has 11 N–H and O–H groups in total. The summed E-state index contributed by atoms with van der Waals surface area (Å²) in [6.45, 7) is 2.63. The molecule has 22 heteroatoms. The van der Waals surface area contributed by atoms with E-state index < -0.39 is 100 Å². The van der Waals surface area contributed by atoms with Crippen LogP contribution in [0, 0.1) is 11.8 Å². The van der Waals surface area contributed by atoms with Gasteiger partial charge in [0.2, 0.25) is 17.7 Å². The number of aromatic hydroxyl groups is 2. The monoisotopic (exact) mass is 980 g/mol. The third-order valence-corrected chi connectivity index (χ3v) is 12.5. The van der Waals surface area contributed by atoms with E-state index in [1.165, 1.54) is 42.5 Å². The van der Waals surface area contributed by atoms with Gasteiger partial charge in [0.1, 0.15) is 36.8 Å². The van der Waals surface area contributed by atoms with E-state index >= 15 is 0 Å². The molecule has 3 atom stereocenters. The Morgan fingerprint density at radius 2 is 1.49 bits per heavy atom. The van der Waals surface area contributed by atoms with Crippen molar-refractivity contribution in [3.8, 4) is 11.5 Å². The van der Waals surface area contributed by atoms with E-state index in [4.69, 9.17) is 16.3 Å². The number of amides is 8. The molecule has 376 valence electrons. The highest BCUT2D eigenvalue weighted by atomic mass is 16.5. The summed E-state index contributed by atoms with van der Waals surface area (Å²) in [4.78, 5) is 129. The van der Waals surface area contributed by atoms with Gasteiger partial charge in [-0.2, -0.15) is 0 Å². The van der Waals surface area contributed by atoms with Gasteiger partial charge >= 0.3 is 12.1 Å². The summed E-state index contributed by atoms with van der Waals surface area (Å²) in [6, 6.07) is 7.12. The lowest BCUT2D eigenvalue weighted by atomic mass is 9.74. The number of nitrogens with zero attached hydrogens (tertiary/aromatic N) is 2. The maximum Gasteiger partial charge on any atom is 0.411 e. The number of anilines is 2. The number of fused-ring (bicyclic) bond motifs is 3. The van der Waals surface area contributed by atoms with Crippen LogP contribution >= 0.6 is 0 Å². The number of hydrogen-bond donors (Lipinski definition) is 9. The average molecular weight is 981 g/mol. The molecule has 6 rings (SSSR count). The number of rotatable bonds is 21. The molecule has 1 aliphatic heterocycles. The Kier molecular flexibility index (Phi) is 17.0. The van der Waals surface area contributed by atoms with Crippen LogP contribution in [-0.2, 0) is 53.0 Å². The van der Waals surface area contributed by atoms with Crippen LogP contribution in [0.15, 0.2) is 54.6 Å².